The highest BCUT2D eigenvalue weighted by Gasteiger charge is 2.16. The van der Waals surface area contributed by atoms with Gasteiger partial charge in [0.2, 0.25) is 5.91 Å². The molecule has 0 spiro atoms. The minimum atomic E-state index is 0.122. The lowest BCUT2D eigenvalue weighted by atomic mass is 9.93. The molecule has 1 atom stereocenters. The van der Waals surface area contributed by atoms with Crippen molar-refractivity contribution in [3.8, 4) is 0 Å². The highest BCUT2D eigenvalue weighted by molar-refractivity contribution is 5.76. The summed E-state index contributed by atoms with van der Waals surface area (Å²) >= 11 is 0. The highest BCUT2D eigenvalue weighted by atomic mass is 16.3. The Balaban J connectivity index is 1.97. The van der Waals surface area contributed by atoms with Crippen LogP contribution in [-0.4, -0.2) is 12.5 Å². The molecule has 1 amide bonds. The Labute approximate surface area is 126 Å². The van der Waals surface area contributed by atoms with Gasteiger partial charge in [0.1, 0.15) is 5.76 Å². The van der Waals surface area contributed by atoms with E-state index < -0.39 is 0 Å². The summed E-state index contributed by atoms with van der Waals surface area (Å²) < 4.78 is 5.56. The van der Waals surface area contributed by atoms with Crippen molar-refractivity contribution in [1.29, 1.82) is 0 Å². The van der Waals surface area contributed by atoms with E-state index in [2.05, 4.69) is 31.3 Å². The topological polar surface area (TPSA) is 42.2 Å². The van der Waals surface area contributed by atoms with E-state index in [1.807, 2.05) is 30.3 Å². The van der Waals surface area contributed by atoms with Crippen LogP contribution in [0.1, 0.15) is 43.9 Å². The van der Waals surface area contributed by atoms with Gasteiger partial charge in [0.05, 0.1) is 6.26 Å². The van der Waals surface area contributed by atoms with E-state index in [-0.39, 0.29) is 11.8 Å². The minimum absolute atomic E-state index is 0.122. The second kappa shape index (κ2) is 7.67. The second-order valence-corrected chi connectivity index (χ2v) is 5.72. The average molecular weight is 285 g/mol. The van der Waals surface area contributed by atoms with Crippen molar-refractivity contribution in [3.63, 3.8) is 0 Å². The molecule has 1 N–H and O–H groups in total. The van der Waals surface area contributed by atoms with Crippen molar-refractivity contribution < 1.29 is 9.21 Å². The van der Waals surface area contributed by atoms with Gasteiger partial charge in [-0.3, -0.25) is 4.79 Å². The number of nitrogens with one attached hydrogen (secondary N) is 1. The lowest BCUT2D eigenvalue weighted by Crippen LogP contribution is -2.26. The molecule has 1 heterocycles. The van der Waals surface area contributed by atoms with Gasteiger partial charge in [-0.25, -0.2) is 0 Å². The van der Waals surface area contributed by atoms with Gasteiger partial charge in [-0.1, -0.05) is 44.2 Å². The Kier molecular flexibility index (Phi) is 5.61. The third kappa shape index (κ3) is 4.78. The summed E-state index contributed by atoms with van der Waals surface area (Å²) in [6.07, 6.45) is 3.11. The normalized spacial score (nSPS) is 12.3. The van der Waals surface area contributed by atoms with Crippen molar-refractivity contribution in [2.24, 2.45) is 5.92 Å². The smallest absolute Gasteiger partial charge is 0.220 e. The molecule has 0 radical (unpaired) electrons. The van der Waals surface area contributed by atoms with Gasteiger partial charge in [0.15, 0.2) is 0 Å². The van der Waals surface area contributed by atoms with Crippen molar-refractivity contribution >= 4 is 5.91 Å². The van der Waals surface area contributed by atoms with Crippen LogP contribution in [0.15, 0.2) is 53.1 Å². The number of rotatable bonds is 7. The molecule has 0 saturated carbocycles. The van der Waals surface area contributed by atoms with Crippen LogP contribution in [0.4, 0.5) is 0 Å². The maximum Gasteiger partial charge on any atom is 0.220 e. The molecular weight excluding hydrogens is 262 g/mol. The van der Waals surface area contributed by atoms with E-state index in [4.69, 9.17) is 4.42 Å². The van der Waals surface area contributed by atoms with Crippen LogP contribution in [-0.2, 0) is 4.79 Å². The predicted molar refractivity (Wildman–Crippen MR) is 84.1 cm³/mol. The number of hydrogen-bond acceptors (Lipinski definition) is 2. The zero-order chi connectivity index (χ0) is 15.1. The Morgan fingerprint density at radius 1 is 1.14 bits per heavy atom. The van der Waals surface area contributed by atoms with Crippen LogP contribution in [0.3, 0.4) is 0 Å². The fourth-order valence-electron chi connectivity index (χ4n) is 2.45. The molecule has 0 aliphatic carbocycles. The van der Waals surface area contributed by atoms with Gasteiger partial charge in [-0.15, -0.1) is 0 Å². The Hall–Kier alpha value is -2.03. The van der Waals surface area contributed by atoms with Crippen LogP contribution in [0.25, 0.3) is 0 Å². The molecule has 1 unspecified atom stereocenters. The monoisotopic (exact) mass is 285 g/mol. The Morgan fingerprint density at radius 3 is 2.52 bits per heavy atom. The summed E-state index contributed by atoms with van der Waals surface area (Å²) in [5.74, 6) is 1.64. The molecule has 0 fully saturated rings. The van der Waals surface area contributed by atoms with E-state index in [9.17, 15) is 4.79 Å². The van der Waals surface area contributed by atoms with Gasteiger partial charge in [0.25, 0.3) is 0 Å². The fourth-order valence-corrected chi connectivity index (χ4v) is 2.45. The Bertz CT molecular complexity index is 532. The molecule has 0 aliphatic heterocycles. The molecule has 0 saturated heterocycles. The first-order valence-corrected chi connectivity index (χ1v) is 7.52. The first-order chi connectivity index (χ1) is 10.2. The predicted octanol–water partition coefficient (Wildman–Crippen LogP) is 3.96. The quantitative estimate of drug-likeness (QED) is 0.836. The summed E-state index contributed by atoms with van der Waals surface area (Å²) in [6, 6.07) is 14.2. The van der Waals surface area contributed by atoms with Crippen molar-refractivity contribution in [1.82, 2.24) is 5.32 Å². The van der Waals surface area contributed by atoms with Crippen molar-refractivity contribution in [2.45, 2.75) is 32.6 Å². The second-order valence-electron chi connectivity index (χ2n) is 5.72. The SMILES string of the molecule is CC(C)CC(=O)NCCC(c1ccccc1)c1ccco1. The van der Waals surface area contributed by atoms with Crippen LogP contribution in [0.2, 0.25) is 0 Å². The Morgan fingerprint density at radius 2 is 1.90 bits per heavy atom. The molecular formula is C18H23NO2. The molecule has 0 bridgehead atoms. The van der Waals surface area contributed by atoms with E-state index >= 15 is 0 Å². The van der Waals surface area contributed by atoms with Gasteiger partial charge >= 0.3 is 0 Å². The zero-order valence-corrected chi connectivity index (χ0v) is 12.7. The number of furan rings is 1. The fraction of sp³-hybridized carbons (Fsp3) is 0.389. The maximum atomic E-state index is 11.7. The number of hydrogen-bond donors (Lipinski definition) is 1. The standard InChI is InChI=1S/C18H23NO2/c1-14(2)13-18(20)19-11-10-16(17-9-6-12-21-17)15-7-4-3-5-8-15/h3-9,12,14,16H,10-11,13H2,1-2H3,(H,19,20). The molecule has 112 valence electrons. The summed E-state index contributed by atoms with van der Waals surface area (Å²) in [5.41, 5.74) is 1.21. The first kappa shape index (κ1) is 15.4. The van der Waals surface area contributed by atoms with Crippen LogP contribution in [0, 0.1) is 5.92 Å². The molecule has 1 aromatic heterocycles. The number of benzene rings is 1. The van der Waals surface area contributed by atoms with Gasteiger partial charge < -0.3 is 9.73 Å². The third-order valence-electron chi connectivity index (χ3n) is 3.44. The summed E-state index contributed by atoms with van der Waals surface area (Å²) in [7, 11) is 0. The highest BCUT2D eigenvalue weighted by Crippen LogP contribution is 2.27. The lowest BCUT2D eigenvalue weighted by Gasteiger charge is -2.16. The third-order valence-corrected chi connectivity index (χ3v) is 3.44. The molecule has 3 heteroatoms. The van der Waals surface area contributed by atoms with E-state index in [0.717, 1.165) is 12.2 Å². The van der Waals surface area contributed by atoms with Crippen molar-refractivity contribution in [3.05, 3.63) is 60.1 Å². The summed E-state index contributed by atoms with van der Waals surface area (Å²) in [6.45, 7) is 4.76. The van der Waals surface area contributed by atoms with E-state index in [0.29, 0.717) is 18.9 Å². The summed E-state index contributed by atoms with van der Waals surface area (Å²) in [5, 5.41) is 3.00. The molecule has 21 heavy (non-hydrogen) atoms. The minimum Gasteiger partial charge on any atom is -0.469 e. The number of carbonyl (C=O) groups excluding carboxylic acids is 1. The van der Waals surface area contributed by atoms with Crippen LogP contribution in [0.5, 0.6) is 0 Å². The van der Waals surface area contributed by atoms with E-state index in [1.54, 1.807) is 6.26 Å². The maximum absolute atomic E-state index is 11.7. The van der Waals surface area contributed by atoms with Crippen LogP contribution < -0.4 is 5.32 Å². The molecule has 1 aromatic carbocycles. The van der Waals surface area contributed by atoms with Gasteiger partial charge in [-0.05, 0) is 30.0 Å². The van der Waals surface area contributed by atoms with Crippen molar-refractivity contribution in [2.75, 3.05) is 6.54 Å². The van der Waals surface area contributed by atoms with E-state index in [1.165, 1.54) is 5.56 Å². The van der Waals surface area contributed by atoms with Gasteiger partial charge in [0, 0.05) is 18.9 Å². The molecule has 2 rings (SSSR count). The first-order valence-electron chi connectivity index (χ1n) is 7.52. The van der Waals surface area contributed by atoms with Gasteiger partial charge in [-0.2, -0.15) is 0 Å². The number of amides is 1. The average Bonchev–Trinajstić information content (AvgIpc) is 2.97. The largest absolute Gasteiger partial charge is 0.469 e. The number of carbonyl (C=O) groups is 1. The molecule has 3 nitrogen and oxygen atoms in total. The molecule has 0 aliphatic rings. The molecule has 2 aromatic rings. The zero-order valence-electron chi connectivity index (χ0n) is 12.7. The summed E-state index contributed by atoms with van der Waals surface area (Å²) in [4.78, 5) is 11.7. The lowest BCUT2D eigenvalue weighted by molar-refractivity contribution is -0.121. The van der Waals surface area contributed by atoms with Crippen LogP contribution >= 0.6 is 0 Å².